The van der Waals surface area contributed by atoms with Crippen molar-refractivity contribution in [2.75, 3.05) is 0 Å². The summed E-state index contributed by atoms with van der Waals surface area (Å²) in [6.07, 6.45) is 10.3. The van der Waals surface area contributed by atoms with Crippen LogP contribution in [0.15, 0.2) is 42.7 Å². The van der Waals surface area contributed by atoms with Crippen LogP contribution in [0, 0.1) is 5.92 Å². The molecule has 5 nitrogen and oxygen atoms in total. The first-order valence-corrected chi connectivity index (χ1v) is 9.83. The third-order valence-electron chi connectivity index (χ3n) is 5.77. The van der Waals surface area contributed by atoms with Gasteiger partial charge in [0.1, 0.15) is 5.82 Å². The number of aryl methyl sites for hydroxylation is 2. The third-order valence-corrected chi connectivity index (χ3v) is 5.77. The lowest BCUT2D eigenvalue weighted by Gasteiger charge is -2.28. The van der Waals surface area contributed by atoms with E-state index < -0.39 is 0 Å². The number of carbonyl (C=O) groups is 1. The Bertz CT molecular complexity index is 725. The Hall–Kier alpha value is -1.56. The van der Waals surface area contributed by atoms with Crippen LogP contribution in [0.1, 0.15) is 43.5 Å². The highest BCUT2D eigenvalue weighted by Crippen LogP contribution is 2.32. The Morgan fingerprint density at radius 1 is 1.14 bits per heavy atom. The van der Waals surface area contributed by atoms with Crippen molar-refractivity contribution >= 4 is 30.7 Å². The Morgan fingerprint density at radius 3 is 2.57 bits per heavy atom. The summed E-state index contributed by atoms with van der Waals surface area (Å²) in [7, 11) is 0. The molecule has 154 valence electrons. The first kappa shape index (κ1) is 22.7. The number of benzene rings is 1. The maximum Gasteiger partial charge on any atom is 0.220 e. The highest BCUT2D eigenvalue weighted by molar-refractivity contribution is 5.85. The number of nitrogens with one attached hydrogen (secondary N) is 2. The van der Waals surface area contributed by atoms with Crippen LogP contribution < -0.4 is 10.6 Å². The lowest BCUT2D eigenvalue weighted by atomic mass is 9.89. The molecule has 0 saturated carbocycles. The molecule has 2 aromatic rings. The molecule has 3 heterocycles. The first-order chi connectivity index (χ1) is 12.8. The van der Waals surface area contributed by atoms with Gasteiger partial charge in [-0.2, -0.15) is 0 Å². The topological polar surface area (TPSA) is 59.0 Å². The van der Waals surface area contributed by atoms with Gasteiger partial charge in [-0.3, -0.25) is 4.79 Å². The molecular weight excluding hydrogens is 395 g/mol. The Balaban J connectivity index is 0.00000140. The Kier molecular flexibility index (Phi) is 8.80. The number of fused-ring (bicyclic) bond motifs is 2. The molecule has 2 saturated heterocycles. The Labute approximate surface area is 179 Å². The largest absolute Gasteiger partial charge is 0.349 e. The minimum Gasteiger partial charge on any atom is -0.349 e. The second-order valence-corrected chi connectivity index (χ2v) is 7.73. The van der Waals surface area contributed by atoms with Crippen LogP contribution in [0.2, 0.25) is 0 Å². The van der Waals surface area contributed by atoms with E-state index in [1.807, 2.05) is 18.5 Å². The van der Waals surface area contributed by atoms with Crippen LogP contribution in [0.5, 0.6) is 0 Å². The third kappa shape index (κ3) is 5.97. The molecule has 1 aromatic carbocycles. The number of amides is 1. The Morgan fingerprint density at radius 2 is 1.86 bits per heavy atom. The van der Waals surface area contributed by atoms with Gasteiger partial charge in [-0.15, -0.1) is 24.8 Å². The average molecular weight is 425 g/mol. The predicted molar refractivity (Wildman–Crippen MR) is 116 cm³/mol. The standard InChI is InChI=1S/C21H28N4O.2ClH/c26-21(14-17-12-18-6-7-19(13-17)24-18)23-15-20-22-9-11-25(20)10-8-16-4-2-1-3-5-16;;/h1-5,9,11,17-19,24H,6-8,10,12-15H2,(H,23,26);2*1H. The van der Waals surface area contributed by atoms with Gasteiger partial charge in [-0.25, -0.2) is 4.98 Å². The van der Waals surface area contributed by atoms with E-state index in [1.54, 1.807) is 0 Å². The van der Waals surface area contributed by atoms with Crippen molar-refractivity contribution in [1.82, 2.24) is 20.2 Å². The van der Waals surface area contributed by atoms with Crippen LogP contribution in [0.25, 0.3) is 0 Å². The first-order valence-electron chi connectivity index (χ1n) is 9.83. The highest BCUT2D eigenvalue weighted by Gasteiger charge is 2.34. The van der Waals surface area contributed by atoms with Gasteiger partial charge in [0.05, 0.1) is 6.54 Å². The molecule has 2 fully saturated rings. The molecular formula is C21H30Cl2N4O. The summed E-state index contributed by atoms with van der Waals surface area (Å²) in [5, 5.41) is 6.72. The molecule has 1 amide bonds. The van der Waals surface area contributed by atoms with Crippen molar-refractivity contribution < 1.29 is 4.79 Å². The molecule has 0 aliphatic carbocycles. The summed E-state index contributed by atoms with van der Waals surface area (Å²) in [5.41, 5.74) is 1.32. The molecule has 2 N–H and O–H groups in total. The van der Waals surface area contributed by atoms with Crippen LogP contribution in [-0.2, 0) is 24.3 Å². The van der Waals surface area contributed by atoms with Gasteiger partial charge < -0.3 is 15.2 Å². The van der Waals surface area contributed by atoms with Gasteiger partial charge in [-0.1, -0.05) is 30.3 Å². The molecule has 7 heteroatoms. The molecule has 4 rings (SSSR count). The van der Waals surface area contributed by atoms with Crippen molar-refractivity contribution in [2.24, 2.45) is 5.92 Å². The molecule has 1 aromatic heterocycles. The van der Waals surface area contributed by atoms with Crippen molar-refractivity contribution in [2.45, 2.75) is 63.7 Å². The fourth-order valence-electron chi connectivity index (χ4n) is 4.46. The van der Waals surface area contributed by atoms with E-state index in [1.165, 1.54) is 18.4 Å². The molecule has 2 atom stereocenters. The van der Waals surface area contributed by atoms with Crippen molar-refractivity contribution in [3.05, 3.63) is 54.1 Å². The molecule has 2 bridgehead atoms. The summed E-state index contributed by atoms with van der Waals surface area (Å²) < 4.78 is 2.14. The summed E-state index contributed by atoms with van der Waals surface area (Å²) >= 11 is 0. The maximum absolute atomic E-state index is 12.4. The molecule has 0 radical (unpaired) electrons. The summed E-state index contributed by atoms with van der Waals surface area (Å²) in [6.45, 7) is 1.39. The number of nitrogens with zero attached hydrogens (tertiary/aromatic N) is 2. The lowest BCUT2D eigenvalue weighted by molar-refractivity contribution is -0.122. The number of aromatic nitrogens is 2. The van der Waals surface area contributed by atoms with E-state index in [0.29, 0.717) is 31.0 Å². The van der Waals surface area contributed by atoms with E-state index >= 15 is 0 Å². The van der Waals surface area contributed by atoms with Gasteiger partial charge in [0.15, 0.2) is 0 Å². The summed E-state index contributed by atoms with van der Waals surface area (Å²) in [5.74, 6) is 1.63. The molecule has 28 heavy (non-hydrogen) atoms. The van der Waals surface area contributed by atoms with E-state index in [-0.39, 0.29) is 30.7 Å². The van der Waals surface area contributed by atoms with Crippen molar-refractivity contribution in [3.8, 4) is 0 Å². The minimum absolute atomic E-state index is 0. The zero-order chi connectivity index (χ0) is 17.8. The zero-order valence-corrected chi connectivity index (χ0v) is 17.7. The molecule has 2 unspecified atom stereocenters. The van der Waals surface area contributed by atoms with E-state index in [0.717, 1.165) is 31.6 Å². The second-order valence-electron chi connectivity index (χ2n) is 7.73. The summed E-state index contributed by atoms with van der Waals surface area (Å²) in [6, 6.07) is 11.7. The minimum atomic E-state index is 0. The fraction of sp³-hybridized carbons (Fsp3) is 0.524. The van der Waals surface area contributed by atoms with Gasteiger partial charge in [-0.05, 0) is 43.6 Å². The summed E-state index contributed by atoms with van der Waals surface area (Å²) in [4.78, 5) is 16.8. The quantitative estimate of drug-likeness (QED) is 0.714. The SMILES string of the molecule is Cl.Cl.O=C(CC1CC2CCC(C1)N2)NCc1nccn1CCc1ccccc1. The van der Waals surface area contributed by atoms with Crippen molar-refractivity contribution in [3.63, 3.8) is 0 Å². The second kappa shape index (κ2) is 10.8. The number of rotatable bonds is 7. The smallest absolute Gasteiger partial charge is 0.220 e. The van der Waals surface area contributed by atoms with E-state index in [2.05, 4.69) is 44.5 Å². The van der Waals surface area contributed by atoms with Crippen LogP contribution in [0.3, 0.4) is 0 Å². The molecule has 2 aliphatic heterocycles. The van der Waals surface area contributed by atoms with Gasteiger partial charge in [0.2, 0.25) is 5.91 Å². The van der Waals surface area contributed by atoms with Gasteiger partial charge in [0, 0.05) is 37.4 Å². The fourth-order valence-corrected chi connectivity index (χ4v) is 4.46. The van der Waals surface area contributed by atoms with E-state index in [9.17, 15) is 4.79 Å². The number of hydrogen-bond acceptors (Lipinski definition) is 3. The maximum atomic E-state index is 12.4. The number of piperidine rings is 1. The lowest BCUT2D eigenvalue weighted by Crippen LogP contribution is -2.39. The van der Waals surface area contributed by atoms with Crippen LogP contribution in [-0.4, -0.2) is 27.5 Å². The van der Waals surface area contributed by atoms with Crippen LogP contribution >= 0.6 is 24.8 Å². The number of imidazole rings is 1. The monoisotopic (exact) mass is 424 g/mol. The molecule has 0 spiro atoms. The number of carbonyl (C=O) groups excluding carboxylic acids is 1. The van der Waals surface area contributed by atoms with Crippen molar-refractivity contribution in [1.29, 1.82) is 0 Å². The van der Waals surface area contributed by atoms with E-state index in [4.69, 9.17) is 0 Å². The predicted octanol–water partition coefficient (Wildman–Crippen LogP) is 3.51. The van der Waals surface area contributed by atoms with Gasteiger partial charge >= 0.3 is 0 Å². The van der Waals surface area contributed by atoms with Gasteiger partial charge in [0.25, 0.3) is 0 Å². The molecule has 2 aliphatic rings. The average Bonchev–Trinajstić information content (AvgIpc) is 3.25. The van der Waals surface area contributed by atoms with Crippen LogP contribution in [0.4, 0.5) is 0 Å². The highest BCUT2D eigenvalue weighted by atomic mass is 35.5. The number of halogens is 2. The zero-order valence-electron chi connectivity index (χ0n) is 16.0. The number of hydrogen-bond donors (Lipinski definition) is 2. The normalized spacial score (nSPS) is 22.8.